The molecular formula is C19H15N5O4S. The molecule has 0 aliphatic heterocycles. The van der Waals surface area contributed by atoms with E-state index in [9.17, 15) is 13.5 Å². The molecule has 0 spiro atoms. The first-order valence-electron chi connectivity index (χ1n) is 8.41. The third kappa shape index (κ3) is 3.78. The average Bonchev–Trinajstić information content (AvgIpc) is 2.74. The second-order valence-electron chi connectivity index (χ2n) is 5.95. The molecule has 2 N–H and O–H groups in total. The van der Waals surface area contributed by atoms with Gasteiger partial charge in [-0.1, -0.05) is 6.07 Å². The molecule has 10 heteroatoms. The molecule has 0 aliphatic rings. The van der Waals surface area contributed by atoms with Gasteiger partial charge in [-0.25, -0.2) is 19.9 Å². The maximum atomic E-state index is 12.4. The van der Waals surface area contributed by atoms with E-state index in [1.165, 1.54) is 31.6 Å². The Kier molecular flexibility index (Phi) is 4.69. The predicted molar refractivity (Wildman–Crippen MR) is 106 cm³/mol. The molecule has 3 heterocycles. The van der Waals surface area contributed by atoms with Gasteiger partial charge in [0.15, 0.2) is 28.0 Å². The zero-order chi connectivity index (χ0) is 20.4. The van der Waals surface area contributed by atoms with Gasteiger partial charge in [-0.05, 0) is 42.5 Å². The van der Waals surface area contributed by atoms with Crippen molar-refractivity contribution in [3.63, 3.8) is 0 Å². The van der Waals surface area contributed by atoms with Gasteiger partial charge in [-0.2, -0.15) is 8.42 Å². The predicted octanol–water partition coefficient (Wildman–Crippen LogP) is 2.60. The molecule has 9 nitrogen and oxygen atoms in total. The van der Waals surface area contributed by atoms with E-state index in [0.29, 0.717) is 22.5 Å². The Hall–Kier alpha value is -3.79. The van der Waals surface area contributed by atoms with Crippen molar-refractivity contribution in [3.05, 3.63) is 60.9 Å². The first kappa shape index (κ1) is 18.6. The summed E-state index contributed by atoms with van der Waals surface area (Å²) in [6.45, 7) is 0. The van der Waals surface area contributed by atoms with Crippen LogP contribution in [0.2, 0.25) is 0 Å². The lowest BCUT2D eigenvalue weighted by Gasteiger charge is -2.08. The molecule has 146 valence electrons. The number of nitrogens with zero attached hydrogens (tertiary/aromatic N) is 4. The highest BCUT2D eigenvalue weighted by atomic mass is 32.2. The molecule has 0 bridgehead atoms. The second-order valence-corrected chi connectivity index (χ2v) is 7.58. The fourth-order valence-electron chi connectivity index (χ4n) is 2.64. The first-order valence-corrected chi connectivity index (χ1v) is 9.89. The molecule has 4 aromatic rings. The molecule has 1 aromatic carbocycles. The van der Waals surface area contributed by atoms with E-state index in [-0.39, 0.29) is 22.2 Å². The van der Waals surface area contributed by atoms with Crippen LogP contribution >= 0.6 is 0 Å². The maximum absolute atomic E-state index is 12.4. The summed E-state index contributed by atoms with van der Waals surface area (Å²) in [6, 6.07) is 12.9. The van der Waals surface area contributed by atoms with Crippen molar-refractivity contribution < 1.29 is 18.3 Å². The zero-order valence-electron chi connectivity index (χ0n) is 15.1. The van der Waals surface area contributed by atoms with Crippen LogP contribution in [0, 0.1) is 0 Å². The first-order chi connectivity index (χ1) is 14.0. The molecule has 0 fully saturated rings. The minimum absolute atomic E-state index is 0.0167. The molecular weight excluding hydrogens is 394 g/mol. The lowest BCUT2D eigenvalue weighted by Crippen LogP contribution is -2.15. The number of pyridine rings is 2. The Morgan fingerprint density at radius 2 is 1.90 bits per heavy atom. The van der Waals surface area contributed by atoms with Gasteiger partial charge >= 0.3 is 0 Å². The number of aromatic hydroxyl groups is 1. The highest BCUT2D eigenvalue weighted by Gasteiger charge is 2.17. The molecule has 29 heavy (non-hydrogen) atoms. The van der Waals surface area contributed by atoms with Gasteiger partial charge in [0, 0.05) is 11.8 Å². The summed E-state index contributed by atoms with van der Waals surface area (Å²) >= 11 is 0. The molecule has 0 amide bonds. The van der Waals surface area contributed by atoms with Crippen molar-refractivity contribution in [2.24, 2.45) is 0 Å². The van der Waals surface area contributed by atoms with Gasteiger partial charge < -0.3 is 9.84 Å². The number of phenols is 1. The fourth-order valence-corrected chi connectivity index (χ4v) is 3.58. The highest BCUT2D eigenvalue weighted by Crippen LogP contribution is 2.31. The summed E-state index contributed by atoms with van der Waals surface area (Å²) in [5, 5.41) is 9.63. The number of anilines is 1. The average molecular weight is 409 g/mol. The van der Waals surface area contributed by atoms with Gasteiger partial charge in [-0.3, -0.25) is 4.72 Å². The zero-order valence-corrected chi connectivity index (χ0v) is 16.0. The van der Waals surface area contributed by atoms with Gasteiger partial charge in [0.2, 0.25) is 0 Å². The summed E-state index contributed by atoms with van der Waals surface area (Å²) < 4.78 is 32.3. The third-order valence-corrected chi connectivity index (χ3v) is 5.30. The minimum Gasteiger partial charge on any atom is -0.504 e. The van der Waals surface area contributed by atoms with Crippen molar-refractivity contribution in [2.75, 3.05) is 11.8 Å². The van der Waals surface area contributed by atoms with Crippen molar-refractivity contribution in [2.45, 2.75) is 5.03 Å². The van der Waals surface area contributed by atoms with E-state index < -0.39 is 10.0 Å². The van der Waals surface area contributed by atoms with E-state index in [1.54, 1.807) is 36.4 Å². The Labute approximate surface area is 166 Å². The minimum atomic E-state index is -3.89. The number of fused-ring (bicyclic) bond motifs is 1. The standard InChI is InChI=1S/C19H15N5O4S/c1-28-16-10-12(5-8-15(16)25)13-6-7-14-19(22-13)23-17(11-21-14)24-29(26,27)18-4-2-3-9-20-18/h2-11,25H,1H3,(H,22,23,24). The Morgan fingerprint density at radius 3 is 2.66 bits per heavy atom. The van der Waals surface area contributed by atoms with Crippen LogP contribution in [0.3, 0.4) is 0 Å². The quantitative estimate of drug-likeness (QED) is 0.515. The molecule has 0 unspecified atom stereocenters. The van der Waals surface area contributed by atoms with Crippen LogP contribution in [-0.4, -0.2) is 40.6 Å². The number of aromatic nitrogens is 4. The SMILES string of the molecule is COc1cc(-c2ccc3ncc(NS(=O)(=O)c4ccccn4)nc3n2)ccc1O. The number of rotatable bonds is 5. The van der Waals surface area contributed by atoms with Crippen LogP contribution in [0.4, 0.5) is 5.82 Å². The second kappa shape index (κ2) is 7.32. The van der Waals surface area contributed by atoms with Crippen molar-refractivity contribution in [1.82, 2.24) is 19.9 Å². The van der Waals surface area contributed by atoms with Crippen molar-refractivity contribution >= 4 is 27.0 Å². The number of phenolic OH excluding ortho intramolecular Hbond substituents is 1. The highest BCUT2D eigenvalue weighted by molar-refractivity contribution is 7.92. The lowest BCUT2D eigenvalue weighted by molar-refractivity contribution is 0.373. The van der Waals surface area contributed by atoms with E-state index in [0.717, 1.165) is 0 Å². The van der Waals surface area contributed by atoms with Crippen molar-refractivity contribution in [1.29, 1.82) is 0 Å². The van der Waals surface area contributed by atoms with Crippen LogP contribution in [0.1, 0.15) is 0 Å². The van der Waals surface area contributed by atoms with Crippen LogP contribution in [0.25, 0.3) is 22.4 Å². The molecule has 0 atom stereocenters. The molecule has 0 saturated carbocycles. The smallest absolute Gasteiger partial charge is 0.280 e. The number of sulfonamides is 1. The summed E-state index contributed by atoms with van der Waals surface area (Å²) in [4.78, 5) is 16.8. The molecule has 0 aliphatic carbocycles. The largest absolute Gasteiger partial charge is 0.504 e. The molecule has 0 saturated heterocycles. The number of hydrogen-bond acceptors (Lipinski definition) is 8. The van der Waals surface area contributed by atoms with Crippen LogP contribution in [0.15, 0.2) is 66.0 Å². The summed E-state index contributed by atoms with van der Waals surface area (Å²) in [6.07, 6.45) is 2.70. The lowest BCUT2D eigenvalue weighted by atomic mass is 10.1. The van der Waals surface area contributed by atoms with E-state index in [4.69, 9.17) is 4.74 Å². The molecule has 4 rings (SSSR count). The summed E-state index contributed by atoms with van der Waals surface area (Å²) in [5.41, 5.74) is 2.02. The monoisotopic (exact) mass is 409 g/mol. The van der Waals surface area contributed by atoms with Gasteiger partial charge in [0.25, 0.3) is 10.0 Å². The van der Waals surface area contributed by atoms with Crippen LogP contribution < -0.4 is 9.46 Å². The van der Waals surface area contributed by atoms with Gasteiger partial charge in [-0.15, -0.1) is 0 Å². The van der Waals surface area contributed by atoms with Crippen molar-refractivity contribution in [3.8, 4) is 22.8 Å². The Bertz CT molecular complexity index is 1300. The number of benzene rings is 1. The molecule has 3 aromatic heterocycles. The van der Waals surface area contributed by atoms with Gasteiger partial charge in [0.1, 0.15) is 5.52 Å². The number of hydrogen-bond donors (Lipinski definition) is 2. The van der Waals surface area contributed by atoms with Gasteiger partial charge in [0.05, 0.1) is 19.0 Å². The maximum Gasteiger partial charge on any atom is 0.280 e. The number of methoxy groups -OCH3 is 1. The normalized spacial score (nSPS) is 11.3. The Balaban J connectivity index is 1.70. The summed E-state index contributed by atoms with van der Waals surface area (Å²) in [5.74, 6) is 0.353. The van der Waals surface area contributed by atoms with E-state index >= 15 is 0 Å². The fraction of sp³-hybridized carbons (Fsp3) is 0.0526. The van der Waals surface area contributed by atoms with Crippen LogP contribution in [0.5, 0.6) is 11.5 Å². The number of nitrogens with one attached hydrogen (secondary N) is 1. The third-order valence-electron chi connectivity index (χ3n) is 4.03. The van der Waals surface area contributed by atoms with E-state index in [2.05, 4.69) is 24.7 Å². The van der Waals surface area contributed by atoms with E-state index in [1.807, 2.05) is 0 Å². The Morgan fingerprint density at radius 1 is 1.03 bits per heavy atom. The van der Waals surface area contributed by atoms with Crippen LogP contribution in [-0.2, 0) is 10.0 Å². The molecule has 0 radical (unpaired) electrons. The number of ether oxygens (including phenoxy) is 1. The topological polar surface area (TPSA) is 127 Å². The summed E-state index contributed by atoms with van der Waals surface area (Å²) in [7, 11) is -2.44.